The van der Waals surface area contributed by atoms with Gasteiger partial charge in [-0.25, -0.2) is 4.99 Å². The summed E-state index contributed by atoms with van der Waals surface area (Å²) < 4.78 is 0. The zero-order valence-corrected chi connectivity index (χ0v) is 12.6. The Balaban J connectivity index is 1.68. The molecule has 3 nitrogen and oxygen atoms in total. The van der Waals surface area contributed by atoms with Crippen LogP contribution in [0, 0.1) is 0 Å². The highest BCUT2D eigenvalue weighted by Crippen LogP contribution is 2.28. The zero-order valence-electron chi connectivity index (χ0n) is 11.8. The molecular formula is C16H22N2OS. The fraction of sp³-hybridized carbons (Fsp3) is 0.500. The second kappa shape index (κ2) is 8.22. The summed E-state index contributed by atoms with van der Waals surface area (Å²) in [7, 11) is 0. The first-order valence-corrected chi connectivity index (χ1v) is 8.36. The SMILES string of the molecule is NCCCCCCCCSc1cccc2c1C=NC2=O. The summed E-state index contributed by atoms with van der Waals surface area (Å²) in [6.45, 7) is 0.815. The normalized spacial score (nSPS) is 12.9. The number of rotatable bonds is 9. The Morgan fingerprint density at radius 2 is 1.80 bits per heavy atom. The molecule has 0 fully saturated rings. The standard InChI is InChI=1S/C16H22N2OS/c17-10-5-3-1-2-4-6-11-20-15-9-7-8-13-14(15)12-18-16(13)19/h7-9,12H,1-6,10-11,17H2. The van der Waals surface area contributed by atoms with E-state index in [1.54, 1.807) is 6.21 Å². The van der Waals surface area contributed by atoms with E-state index >= 15 is 0 Å². The minimum absolute atomic E-state index is 0.109. The Kier molecular flexibility index (Phi) is 6.27. The lowest BCUT2D eigenvalue weighted by molar-refractivity contribution is 0.101. The summed E-state index contributed by atoms with van der Waals surface area (Å²) in [6, 6.07) is 5.88. The van der Waals surface area contributed by atoms with E-state index < -0.39 is 0 Å². The van der Waals surface area contributed by atoms with Gasteiger partial charge in [0.15, 0.2) is 0 Å². The third-order valence-corrected chi connectivity index (χ3v) is 4.62. The molecular weight excluding hydrogens is 268 g/mol. The smallest absolute Gasteiger partial charge is 0.277 e. The summed E-state index contributed by atoms with van der Waals surface area (Å²) in [5.41, 5.74) is 7.22. The molecule has 2 rings (SSSR count). The van der Waals surface area contributed by atoms with Gasteiger partial charge in [0.05, 0.1) is 5.56 Å². The number of carbonyl (C=O) groups is 1. The van der Waals surface area contributed by atoms with Crippen molar-refractivity contribution >= 4 is 23.9 Å². The van der Waals surface area contributed by atoms with E-state index in [9.17, 15) is 4.79 Å². The number of aliphatic imine (C=N–C) groups is 1. The van der Waals surface area contributed by atoms with Crippen LogP contribution in [0.2, 0.25) is 0 Å². The third-order valence-electron chi connectivity index (χ3n) is 3.46. The van der Waals surface area contributed by atoms with Crippen molar-refractivity contribution in [1.29, 1.82) is 0 Å². The number of thioether (sulfide) groups is 1. The van der Waals surface area contributed by atoms with Crippen LogP contribution in [0.15, 0.2) is 28.1 Å². The molecule has 0 bridgehead atoms. The Morgan fingerprint density at radius 3 is 2.60 bits per heavy atom. The van der Waals surface area contributed by atoms with Crippen molar-refractivity contribution in [3.05, 3.63) is 29.3 Å². The molecule has 1 aliphatic rings. The third kappa shape index (κ3) is 4.18. The lowest BCUT2D eigenvalue weighted by Crippen LogP contribution is -1.97. The first kappa shape index (κ1) is 15.3. The minimum Gasteiger partial charge on any atom is -0.330 e. The molecule has 1 aromatic rings. The number of unbranched alkanes of at least 4 members (excludes halogenated alkanes) is 5. The van der Waals surface area contributed by atoms with Crippen LogP contribution in [-0.2, 0) is 0 Å². The number of amides is 1. The average molecular weight is 290 g/mol. The highest BCUT2D eigenvalue weighted by molar-refractivity contribution is 7.99. The van der Waals surface area contributed by atoms with Crippen LogP contribution in [-0.4, -0.2) is 24.4 Å². The zero-order chi connectivity index (χ0) is 14.2. The highest BCUT2D eigenvalue weighted by Gasteiger charge is 2.17. The van der Waals surface area contributed by atoms with Crippen LogP contribution in [0.25, 0.3) is 0 Å². The molecule has 1 aliphatic heterocycles. The summed E-state index contributed by atoms with van der Waals surface area (Å²) in [4.78, 5) is 16.5. The maximum Gasteiger partial charge on any atom is 0.277 e. The topological polar surface area (TPSA) is 55.4 Å². The maximum absolute atomic E-state index is 11.5. The van der Waals surface area contributed by atoms with Gasteiger partial charge in [0.25, 0.3) is 5.91 Å². The minimum atomic E-state index is -0.109. The summed E-state index contributed by atoms with van der Waals surface area (Å²) in [6.07, 6.45) is 9.21. The first-order chi connectivity index (χ1) is 9.83. The van der Waals surface area contributed by atoms with Gasteiger partial charge in [0, 0.05) is 16.7 Å². The van der Waals surface area contributed by atoms with Crippen LogP contribution in [0.5, 0.6) is 0 Å². The van der Waals surface area contributed by atoms with E-state index in [1.807, 2.05) is 23.9 Å². The molecule has 0 saturated carbocycles. The second-order valence-corrected chi connectivity index (χ2v) is 6.18. The molecule has 0 unspecified atom stereocenters. The molecule has 0 atom stereocenters. The average Bonchev–Trinajstić information content (AvgIpc) is 2.84. The number of fused-ring (bicyclic) bond motifs is 1. The van der Waals surface area contributed by atoms with Crippen LogP contribution in [0.4, 0.5) is 0 Å². The van der Waals surface area contributed by atoms with Crippen molar-refractivity contribution in [2.24, 2.45) is 10.7 Å². The van der Waals surface area contributed by atoms with Crippen molar-refractivity contribution in [2.75, 3.05) is 12.3 Å². The monoisotopic (exact) mass is 290 g/mol. The fourth-order valence-corrected chi connectivity index (χ4v) is 3.38. The molecule has 1 heterocycles. The molecule has 2 N–H and O–H groups in total. The van der Waals surface area contributed by atoms with E-state index in [-0.39, 0.29) is 5.91 Å². The molecule has 1 aromatic carbocycles. The predicted molar refractivity (Wildman–Crippen MR) is 85.8 cm³/mol. The molecule has 0 radical (unpaired) electrons. The molecule has 0 aliphatic carbocycles. The largest absolute Gasteiger partial charge is 0.330 e. The number of carbonyl (C=O) groups excluding carboxylic acids is 1. The number of hydrogen-bond acceptors (Lipinski definition) is 3. The Morgan fingerprint density at radius 1 is 1.05 bits per heavy atom. The molecule has 108 valence electrons. The highest BCUT2D eigenvalue weighted by atomic mass is 32.2. The summed E-state index contributed by atoms with van der Waals surface area (Å²) in [5, 5.41) is 0. The van der Waals surface area contributed by atoms with Crippen LogP contribution < -0.4 is 5.73 Å². The van der Waals surface area contributed by atoms with Gasteiger partial charge in [-0.3, -0.25) is 4.79 Å². The van der Waals surface area contributed by atoms with Crippen LogP contribution in [0.3, 0.4) is 0 Å². The lowest BCUT2D eigenvalue weighted by atomic mass is 10.1. The molecule has 20 heavy (non-hydrogen) atoms. The molecule has 4 heteroatoms. The van der Waals surface area contributed by atoms with Gasteiger partial charge in [-0.05, 0) is 37.3 Å². The molecule has 0 spiro atoms. The van der Waals surface area contributed by atoms with Gasteiger partial charge in [-0.2, -0.15) is 0 Å². The maximum atomic E-state index is 11.5. The van der Waals surface area contributed by atoms with Gasteiger partial charge in [-0.1, -0.05) is 31.7 Å². The van der Waals surface area contributed by atoms with E-state index in [0.717, 1.165) is 29.8 Å². The quantitative estimate of drug-likeness (QED) is 0.558. The van der Waals surface area contributed by atoms with Gasteiger partial charge in [-0.15, -0.1) is 11.8 Å². The van der Waals surface area contributed by atoms with Gasteiger partial charge in [0.2, 0.25) is 0 Å². The van der Waals surface area contributed by atoms with Gasteiger partial charge < -0.3 is 5.73 Å². The Bertz CT molecular complexity index is 485. The van der Waals surface area contributed by atoms with E-state index in [4.69, 9.17) is 5.73 Å². The van der Waals surface area contributed by atoms with Crippen LogP contribution in [0.1, 0.15) is 54.4 Å². The van der Waals surface area contributed by atoms with E-state index in [0.29, 0.717) is 0 Å². The van der Waals surface area contributed by atoms with Crippen molar-refractivity contribution in [3.8, 4) is 0 Å². The van der Waals surface area contributed by atoms with Crippen molar-refractivity contribution in [2.45, 2.75) is 43.4 Å². The lowest BCUT2D eigenvalue weighted by Gasteiger charge is -2.05. The Labute approximate surface area is 125 Å². The van der Waals surface area contributed by atoms with Crippen molar-refractivity contribution in [3.63, 3.8) is 0 Å². The number of nitrogens with zero attached hydrogens (tertiary/aromatic N) is 1. The van der Waals surface area contributed by atoms with E-state index in [2.05, 4.69) is 11.1 Å². The summed E-state index contributed by atoms with van der Waals surface area (Å²) in [5.74, 6) is 0.998. The number of benzene rings is 1. The van der Waals surface area contributed by atoms with Gasteiger partial charge >= 0.3 is 0 Å². The first-order valence-electron chi connectivity index (χ1n) is 7.37. The van der Waals surface area contributed by atoms with E-state index in [1.165, 1.54) is 37.0 Å². The second-order valence-electron chi connectivity index (χ2n) is 5.04. The molecule has 0 saturated heterocycles. The number of nitrogens with two attached hydrogens (primary N) is 1. The molecule has 1 amide bonds. The van der Waals surface area contributed by atoms with Gasteiger partial charge in [0.1, 0.15) is 0 Å². The van der Waals surface area contributed by atoms with Crippen molar-refractivity contribution < 1.29 is 4.79 Å². The molecule has 0 aromatic heterocycles. The van der Waals surface area contributed by atoms with Crippen LogP contribution >= 0.6 is 11.8 Å². The fourth-order valence-electron chi connectivity index (χ4n) is 2.32. The number of hydrogen-bond donors (Lipinski definition) is 1. The Hall–Kier alpha value is -1.13. The summed E-state index contributed by atoms with van der Waals surface area (Å²) >= 11 is 1.83. The van der Waals surface area contributed by atoms with Crippen molar-refractivity contribution in [1.82, 2.24) is 0 Å². The predicted octanol–water partition coefficient (Wildman–Crippen LogP) is 3.65.